The van der Waals surface area contributed by atoms with Gasteiger partial charge in [0.1, 0.15) is 10.6 Å². The zero-order valence-electron chi connectivity index (χ0n) is 10.1. The number of thiazole rings is 1. The smallest absolute Gasteiger partial charge is 0.352 e. The molecule has 2 heterocycles. The van der Waals surface area contributed by atoms with Gasteiger partial charge in [-0.25, -0.2) is 18.2 Å². The van der Waals surface area contributed by atoms with Gasteiger partial charge in [0.2, 0.25) is 0 Å². The van der Waals surface area contributed by atoms with E-state index in [9.17, 15) is 13.2 Å². The Morgan fingerprint density at radius 2 is 2.16 bits per heavy atom. The van der Waals surface area contributed by atoms with E-state index in [1.807, 2.05) is 0 Å². The van der Waals surface area contributed by atoms with Crippen LogP contribution in [0, 0.1) is 13.8 Å². The lowest BCUT2D eigenvalue weighted by atomic mass is 10.2. The molecule has 0 spiro atoms. The average Bonchev–Trinajstić information content (AvgIpc) is 2.86. The minimum absolute atomic E-state index is 0.0555. The molecule has 0 aliphatic rings. The van der Waals surface area contributed by atoms with Gasteiger partial charge in [-0.3, -0.25) is 4.72 Å². The summed E-state index contributed by atoms with van der Waals surface area (Å²) in [6, 6.07) is 0. The van der Waals surface area contributed by atoms with Gasteiger partial charge in [-0.2, -0.15) is 0 Å². The Labute approximate surface area is 113 Å². The molecule has 19 heavy (non-hydrogen) atoms. The predicted molar refractivity (Wildman–Crippen MR) is 70.1 cm³/mol. The molecule has 7 nitrogen and oxygen atoms in total. The van der Waals surface area contributed by atoms with Crippen molar-refractivity contribution < 1.29 is 18.3 Å². The van der Waals surface area contributed by atoms with E-state index < -0.39 is 16.0 Å². The Kier molecular flexibility index (Phi) is 3.33. The van der Waals surface area contributed by atoms with Gasteiger partial charge in [0, 0.05) is 22.8 Å². The largest absolute Gasteiger partial charge is 0.477 e. The lowest BCUT2D eigenvalue weighted by Crippen LogP contribution is -2.14. The molecule has 3 N–H and O–H groups in total. The number of aromatic nitrogens is 2. The molecule has 9 heteroatoms. The van der Waals surface area contributed by atoms with E-state index in [1.165, 1.54) is 20.0 Å². The molecule has 0 bridgehead atoms. The molecule has 0 amide bonds. The van der Waals surface area contributed by atoms with E-state index in [4.69, 9.17) is 5.11 Å². The number of carboxylic acids is 1. The maximum atomic E-state index is 12.2. The monoisotopic (exact) mass is 301 g/mol. The summed E-state index contributed by atoms with van der Waals surface area (Å²) in [5.41, 5.74) is 0.324. The summed E-state index contributed by atoms with van der Waals surface area (Å²) in [4.78, 5) is 17.3. The fraction of sp³-hybridized carbons (Fsp3) is 0.200. The van der Waals surface area contributed by atoms with Crippen LogP contribution >= 0.6 is 11.3 Å². The van der Waals surface area contributed by atoms with E-state index in [-0.39, 0.29) is 27.0 Å². The molecule has 2 aromatic heterocycles. The maximum absolute atomic E-state index is 12.2. The molecular formula is C10H11N3O4S2. The number of aromatic carboxylic acids is 1. The summed E-state index contributed by atoms with van der Waals surface area (Å²) in [6.45, 7) is 2.96. The minimum Gasteiger partial charge on any atom is -0.477 e. The molecule has 2 aromatic rings. The highest BCUT2D eigenvalue weighted by Crippen LogP contribution is 2.26. The maximum Gasteiger partial charge on any atom is 0.352 e. The van der Waals surface area contributed by atoms with Crippen molar-refractivity contribution in [2.45, 2.75) is 18.7 Å². The van der Waals surface area contributed by atoms with Crippen LogP contribution in [0.15, 0.2) is 16.5 Å². The number of nitrogens with zero attached hydrogens (tertiary/aromatic N) is 1. The number of hydrogen-bond acceptors (Lipinski definition) is 5. The van der Waals surface area contributed by atoms with Crippen LogP contribution in [0.1, 0.15) is 21.7 Å². The Morgan fingerprint density at radius 1 is 1.47 bits per heavy atom. The molecule has 0 saturated carbocycles. The Hall–Kier alpha value is -1.87. The number of nitrogens with one attached hydrogen (secondary N) is 2. The summed E-state index contributed by atoms with van der Waals surface area (Å²) >= 11 is 1.14. The lowest BCUT2D eigenvalue weighted by molar-refractivity contribution is 0.0690. The van der Waals surface area contributed by atoms with Crippen molar-refractivity contribution >= 4 is 32.5 Å². The van der Waals surface area contributed by atoms with E-state index in [0.29, 0.717) is 0 Å². The number of aryl methyl sites for hydroxylation is 1. The fourth-order valence-electron chi connectivity index (χ4n) is 1.79. The molecule has 0 radical (unpaired) electrons. The molecule has 0 atom stereocenters. The van der Waals surface area contributed by atoms with Crippen molar-refractivity contribution in [3.63, 3.8) is 0 Å². The highest BCUT2D eigenvalue weighted by atomic mass is 32.2. The van der Waals surface area contributed by atoms with E-state index in [0.717, 1.165) is 11.3 Å². The summed E-state index contributed by atoms with van der Waals surface area (Å²) in [5, 5.41) is 10.8. The van der Waals surface area contributed by atoms with Gasteiger partial charge < -0.3 is 10.1 Å². The van der Waals surface area contributed by atoms with Gasteiger partial charge in [-0.1, -0.05) is 0 Å². The molecule has 0 saturated heterocycles. The molecule has 0 unspecified atom stereocenters. The first kappa shape index (κ1) is 13.6. The summed E-state index contributed by atoms with van der Waals surface area (Å²) in [6.07, 6.45) is 1.47. The summed E-state index contributed by atoms with van der Waals surface area (Å²) in [7, 11) is -3.85. The molecular weight excluding hydrogens is 290 g/mol. The number of carbonyl (C=O) groups is 1. The first-order valence-electron chi connectivity index (χ1n) is 5.17. The SMILES string of the molecule is Cc1[nH]c(C(=O)O)c(C)c1S(=O)(=O)Nc1nccs1. The van der Waals surface area contributed by atoms with Crippen molar-refractivity contribution in [1.29, 1.82) is 0 Å². The second-order valence-corrected chi connectivity index (χ2v) is 6.34. The molecule has 0 aliphatic heterocycles. The van der Waals surface area contributed by atoms with Gasteiger partial charge in [-0.15, -0.1) is 11.3 Å². The summed E-state index contributed by atoms with van der Waals surface area (Å²) < 4.78 is 26.8. The number of sulfonamides is 1. The molecule has 0 aromatic carbocycles. The number of aromatic amines is 1. The Morgan fingerprint density at radius 3 is 2.63 bits per heavy atom. The molecule has 102 valence electrons. The van der Waals surface area contributed by atoms with Crippen LogP contribution in [0.3, 0.4) is 0 Å². The Balaban J connectivity index is 2.49. The van der Waals surface area contributed by atoms with Gasteiger partial charge in [0.05, 0.1) is 0 Å². The average molecular weight is 301 g/mol. The standard InChI is InChI=1S/C10H11N3O4S2/c1-5-7(9(14)15)12-6(2)8(5)19(16,17)13-10-11-3-4-18-10/h3-4,12H,1-2H3,(H,11,13)(H,14,15). The fourth-order valence-corrected chi connectivity index (χ4v) is 4.03. The quantitative estimate of drug-likeness (QED) is 0.793. The lowest BCUT2D eigenvalue weighted by Gasteiger charge is -2.05. The first-order valence-corrected chi connectivity index (χ1v) is 7.54. The van der Waals surface area contributed by atoms with Crippen LogP contribution in [0.4, 0.5) is 5.13 Å². The van der Waals surface area contributed by atoms with Crippen molar-refractivity contribution in [2.75, 3.05) is 4.72 Å². The van der Waals surface area contributed by atoms with Gasteiger partial charge in [0.25, 0.3) is 10.0 Å². The normalized spacial score (nSPS) is 11.5. The van der Waals surface area contributed by atoms with Gasteiger partial charge in [0.15, 0.2) is 5.13 Å². The van der Waals surface area contributed by atoms with Crippen LogP contribution in [0.25, 0.3) is 0 Å². The van der Waals surface area contributed by atoms with Crippen molar-refractivity contribution in [3.8, 4) is 0 Å². The zero-order chi connectivity index (χ0) is 14.2. The van der Waals surface area contributed by atoms with E-state index in [2.05, 4.69) is 14.7 Å². The van der Waals surface area contributed by atoms with Crippen LogP contribution in [0.2, 0.25) is 0 Å². The topological polar surface area (TPSA) is 112 Å². The van der Waals surface area contributed by atoms with E-state index >= 15 is 0 Å². The third-order valence-corrected chi connectivity index (χ3v) is 4.93. The second-order valence-electron chi connectivity index (χ2n) is 3.83. The number of rotatable bonds is 4. The first-order chi connectivity index (χ1) is 8.83. The number of anilines is 1. The predicted octanol–water partition coefficient (Wildman–Crippen LogP) is 1.59. The van der Waals surface area contributed by atoms with Crippen molar-refractivity contribution in [2.24, 2.45) is 0 Å². The zero-order valence-corrected chi connectivity index (χ0v) is 11.7. The van der Waals surface area contributed by atoms with Crippen molar-refractivity contribution in [1.82, 2.24) is 9.97 Å². The summed E-state index contributed by atoms with van der Waals surface area (Å²) in [5.74, 6) is -1.20. The van der Waals surface area contributed by atoms with E-state index in [1.54, 1.807) is 5.38 Å². The van der Waals surface area contributed by atoms with Crippen LogP contribution in [-0.2, 0) is 10.0 Å². The number of hydrogen-bond donors (Lipinski definition) is 3. The number of H-pyrrole nitrogens is 1. The number of carboxylic acid groups (broad SMARTS) is 1. The highest BCUT2D eigenvalue weighted by Gasteiger charge is 2.26. The van der Waals surface area contributed by atoms with Gasteiger partial charge >= 0.3 is 5.97 Å². The van der Waals surface area contributed by atoms with Crippen LogP contribution < -0.4 is 4.72 Å². The highest BCUT2D eigenvalue weighted by molar-refractivity contribution is 7.93. The third-order valence-electron chi connectivity index (χ3n) is 2.51. The molecule has 0 fully saturated rings. The Bertz CT molecular complexity index is 716. The molecule has 2 rings (SSSR count). The molecule has 0 aliphatic carbocycles. The minimum atomic E-state index is -3.85. The van der Waals surface area contributed by atoms with Crippen LogP contribution in [0.5, 0.6) is 0 Å². The van der Waals surface area contributed by atoms with Crippen LogP contribution in [-0.4, -0.2) is 29.5 Å². The second kappa shape index (κ2) is 4.67. The van der Waals surface area contributed by atoms with Gasteiger partial charge in [-0.05, 0) is 13.8 Å². The third kappa shape index (κ3) is 2.47. The van der Waals surface area contributed by atoms with Crippen molar-refractivity contribution in [3.05, 3.63) is 28.5 Å².